The fraction of sp³-hybridized carbons (Fsp3) is 0.333. The zero-order chi connectivity index (χ0) is 11.0. The van der Waals surface area contributed by atoms with Gasteiger partial charge in [-0.25, -0.2) is 0 Å². The van der Waals surface area contributed by atoms with Crippen molar-refractivity contribution >= 4 is 0 Å². The molecule has 78 valence electrons. The predicted octanol–water partition coefficient (Wildman–Crippen LogP) is 4.53. The van der Waals surface area contributed by atoms with Crippen LogP contribution in [0, 0.1) is 13.8 Å². The molecule has 0 saturated heterocycles. The monoisotopic (exact) mass is 198 g/mol. The van der Waals surface area contributed by atoms with Gasteiger partial charge in [0.15, 0.2) is 0 Å². The van der Waals surface area contributed by atoms with Gasteiger partial charge in [-0.15, -0.1) is 0 Å². The molecule has 0 aromatic heterocycles. The highest BCUT2D eigenvalue weighted by molar-refractivity contribution is 5.75. The molecular formula is C15H18. The average molecular weight is 198 g/mol. The van der Waals surface area contributed by atoms with Crippen molar-refractivity contribution in [3.8, 4) is 11.1 Å². The van der Waals surface area contributed by atoms with E-state index >= 15 is 0 Å². The zero-order valence-electron chi connectivity index (χ0n) is 9.96. The summed E-state index contributed by atoms with van der Waals surface area (Å²) >= 11 is 0. The van der Waals surface area contributed by atoms with E-state index in [9.17, 15) is 0 Å². The Morgan fingerprint density at radius 2 is 1.60 bits per heavy atom. The summed E-state index contributed by atoms with van der Waals surface area (Å²) in [5.74, 6) is 0.613. The van der Waals surface area contributed by atoms with Crippen LogP contribution in [0.1, 0.15) is 36.5 Å². The van der Waals surface area contributed by atoms with Crippen LogP contribution in [0.5, 0.6) is 0 Å². The van der Waals surface area contributed by atoms with E-state index in [4.69, 9.17) is 0 Å². The van der Waals surface area contributed by atoms with Crippen LogP contribution in [0.2, 0.25) is 0 Å². The van der Waals surface area contributed by atoms with Gasteiger partial charge < -0.3 is 0 Å². The van der Waals surface area contributed by atoms with Gasteiger partial charge >= 0.3 is 0 Å². The number of hydrogen-bond donors (Lipinski definition) is 0. The summed E-state index contributed by atoms with van der Waals surface area (Å²) in [6.45, 7) is 8.94. The summed E-state index contributed by atoms with van der Waals surface area (Å²) in [7, 11) is 0. The number of aryl methyl sites for hydroxylation is 1. The van der Waals surface area contributed by atoms with E-state index in [1.807, 2.05) is 0 Å². The molecule has 2 aliphatic carbocycles. The van der Waals surface area contributed by atoms with Gasteiger partial charge in [-0.3, -0.25) is 0 Å². The van der Waals surface area contributed by atoms with Crippen LogP contribution in [0.15, 0.2) is 30.3 Å². The Bertz CT molecular complexity index is 452. The van der Waals surface area contributed by atoms with Gasteiger partial charge in [0.25, 0.3) is 0 Å². The quantitative estimate of drug-likeness (QED) is 0.631. The lowest BCUT2D eigenvalue weighted by molar-refractivity contribution is 0.863. The lowest BCUT2D eigenvalue weighted by atomic mass is 10.0. The minimum Gasteiger partial charge on any atom is -0.0620 e. The molecule has 0 bridgehead atoms. The van der Waals surface area contributed by atoms with Gasteiger partial charge in [-0.05, 0) is 47.6 Å². The largest absolute Gasteiger partial charge is 0.0620 e. The summed E-state index contributed by atoms with van der Waals surface area (Å²) in [5.41, 5.74) is 7.10. The first-order chi connectivity index (χ1) is 7.11. The molecule has 15 heavy (non-hydrogen) atoms. The molecule has 0 amide bonds. The first-order valence-corrected chi connectivity index (χ1v) is 5.60. The van der Waals surface area contributed by atoms with E-state index in [2.05, 4.69) is 58.0 Å². The standard InChI is InChI=1S/C15H18/c1-10(2)14-9-15-11(3)7-5-6-8-13(15)12(14)4/h5-10H,1-4H3. The summed E-state index contributed by atoms with van der Waals surface area (Å²) in [4.78, 5) is 0. The molecule has 0 aliphatic heterocycles. The number of fused-ring (bicyclic) bond motifs is 1. The Morgan fingerprint density at radius 1 is 0.933 bits per heavy atom. The third kappa shape index (κ3) is 1.65. The zero-order valence-corrected chi connectivity index (χ0v) is 9.96. The Balaban J connectivity index is 2.75. The van der Waals surface area contributed by atoms with Crippen LogP contribution in [-0.2, 0) is 0 Å². The highest BCUT2D eigenvalue weighted by Crippen LogP contribution is 2.36. The third-order valence-electron chi connectivity index (χ3n) is 3.19. The second-order valence-electron chi connectivity index (χ2n) is 4.61. The lowest BCUT2D eigenvalue weighted by Gasteiger charge is -2.03. The summed E-state index contributed by atoms with van der Waals surface area (Å²) < 4.78 is 0. The molecule has 0 fully saturated rings. The van der Waals surface area contributed by atoms with E-state index in [0.29, 0.717) is 5.92 Å². The molecule has 0 heterocycles. The van der Waals surface area contributed by atoms with Crippen molar-refractivity contribution in [3.05, 3.63) is 47.0 Å². The molecule has 0 aromatic carbocycles. The third-order valence-corrected chi connectivity index (χ3v) is 3.19. The van der Waals surface area contributed by atoms with Gasteiger partial charge in [0.1, 0.15) is 0 Å². The smallest absolute Gasteiger partial charge is 0.0149 e. The van der Waals surface area contributed by atoms with Gasteiger partial charge in [0.2, 0.25) is 0 Å². The average Bonchev–Trinajstić information content (AvgIpc) is 2.39. The fourth-order valence-corrected chi connectivity index (χ4v) is 2.28. The van der Waals surface area contributed by atoms with Crippen molar-refractivity contribution in [1.29, 1.82) is 0 Å². The predicted molar refractivity (Wildman–Crippen MR) is 66.6 cm³/mol. The molecule has 2 rings (SSSR count). The molecule has 0 aromatic rings. The Hall–Kier alpha value is -1.30. The minimum absolute atomic E-state index is 0.613. The minimum atomic E-state index is 0.613. The van der Waals surface area contributed by atoms with Gasteiger partial charge in [0, 0.05) is 0 Å². The molecule has 0 N–H and O–H groups in total. The second-order valence-corrected chi connectivity index (χ2v) is 4.61. The molecule has 0 unspecified atom stereocenters. The number of rotatable bonds is 1. The summed E-state index contributed by atoms with van der Waals surface area (Å²) in [6.07, 6.45) is 0. The normalized spacial score (nSPS) is 11.3. The van der Waals surface area contributed by atoms with Crippen molar-refractivity contribution in [1.82, 2.24) is 0 Å². The summed E-state index contributed by atoms with van der Waals surface area (Å²) in [5, 5.41) is 0. The molecule has 0 spiro atoms. The topological polar surface area (TPSA) is 0 Å². The van der Waals surface area contributed by atoms with Gasteiger partial charge in [-0.1, -0.05) is 44.2 Å². The maximum Gasteiger partial charge on any atom is -0.0149 e. The second kappa shape index (κ2) is 3.69. The van der Waals surface area contributed by atoms with Gasteiger partial charge in [0.05, 0.1) is 0 Å². The maximum atomic E-state index is 2.35. The highest BCUT2D eigenvalue weighted by Gasteiger charge is 2.14. The highest BCUT2D eigenvalue weighted by atomic mass is 14.2. The fourth-order valence-electron chi connectivity index (χ4n) is 2.28. The number of hydrogen-bond acceptors (Lipinski definition) is 0. The molecule has 0 nitrogen and oxygen atoms in total. The Morgan fingerprint density at radius 3 is 2.27 bits per heavy atom. The van der Waals surface area contributed by atoms with Crippen molar-refractivity contribution in [3.63, 3.8) is 0 Å². The van der Waals surface area contributed by atoms with Crippen LogP contribution < -0.4 is 0 Å². The molecule has 2 aliphatic rings. The lowest BCUT2D eigenvalue weighted by Crippen LogP contribution is -1.85. The first kappa shape index (κ1) is 10.2. The Kier molecular flexibility index (Phi) is 2.52. The molecule has 0 radical (unpaired) electrons. The van der Waals surface area contributed by atoms with Gasteiger partial charge in [-0.2, -0.15) is 0 Å². The SMILES string of the molecule is Cc1ccccc2c(C)c(C(C)C)cc1-2. The molecule has 0 heteroatoms. The van der Waals surface area contributed by atoms with Crippen LogP contribution in [0.4, 0.5) is 0 Å². The van der Waals surface area contributed by atoms with Crippen molar-refractivity contribution < 1.29 is 0 Å². The van der Waals surface area contributed by atoms with Crippen molar-refractivity contribution in [2.45, 2.75) is 33.6 Å². The van der Waals surface area contributed by atoms with E-state index in [1.165, 1.54) is 27.8 Å². The molecule has 0 atom stereocenters. The first-order valence-electron chi connectivity index (χ1n) is 5.60. The molecular weight excluding hydrogens is 180 g/mol. The van der Waals surface area contributed by atoms with Crippen LogP contribution in [0.25, 0.3) is 11.1 Å². The maximum absolute atomic E-state index is 2.35. The van der Waals surface area contributed by atoms with Crippen molar-refractivity contribution in [2.24, 2.45) is 0 Å². The molecule has 0 saturated carbocycles. The van der Waals surface area contributed by atoms with E-state index in [-0.39, 0.29) is 0 Å². The Labute approximate surface area is 92.3 Å². The van der Waals surface area contributed by atoms with E-state index in [1.54, 1.807) is 0 Å². The van der Waals surface area contributed by atoms with Crippen LogP contribution in [-0.4, -0.2) is 0 Å². The summed E-state index contributed by atoms with van der Waals surface area (Å²) in [6, 6.07) is 11.0. The van der Waals surface area contributed by atoms with E-state index in [0.717, 1.165) is 0 Å². The van der Waals surface area contributed by atoms with Crippen LogP contribution in [0.3, 0.4) is 0 Å². The van der Waals surface area contributed by atoms with Crippen LogP contribution >= 0.6 is 0 Å². The van der Waals surface area contributed by atoms with E-state index < -0.39 is 0 Å². The van der Waals surface area contributed by atoms with Crippen molar-refractivity contribution in [2.75, 3.05) is 0 Å².